The molecule has 0 aliphatic carbocycles. The number of benzene rings is 1. The van der Waals surface area contributed by atoms with Crippen LogP contribution in [0.1, 0.15) is 22.3 Å². The first-order valence-corrected chi connectivity index (χ1v) is 8.23. The van der Waals surface area contributed by atoms with Gasteiger partial charge in [-0.05, 0) is 41.8 Å². The molecule has 2 aromatic heterocycles. The van der Waals surface area contributed by atoms with E-state index in [1.54, 1.807) is 18.3 Å². The van der Waals surface area contributed by atoms with Crippen molar-refractivity contribution in [3.63, 3.8) is 0 Å². The molecule has 4 rings (SSSR count). The summed E-state index contributed by atoms with van der Waals surface area (Å²) in [6.07, 6.45) is 6.55. The van der Waals surface area contributed by atoms with Crippen molar-refractivity contribution in [3.05, 3.63) is 82.4 Å². The number of hydrogen-bond acceptors (Lipinski definition) is 3. The van der Waals surface area contributed by atoms with E-state index >= 15 is 0 Å². The highest BCUT2D eigenvalue weighted by Crippen LogP contribution is 2.23. The van der Waals surface area contributed by atoms with E-state index in [9.17, 15) is 9.59 Å². The van der Waals surface area contributed by atoms with Gasteiger partial charge >= 0.3 is 0 Å². The monoisotopic (exact) mass is 331 g/mol. The number of aromatic amines is 1. The number of pyridine rings is 2. The molecule has 0 spiro atoms. The summed E-state index contributed by atoms with van der Waals surface area (Å²) < 4.78 is 0. The predicted octanol–water partition coefficient (Wildman–Crippen LogP) is 2.85. The average Bonchev–Trinajstić information content (AvgIpc) is 2.67. The normalized spacial score (nSPS) is 14.4. The van der Waals surface area contributed by atoms with Crippen LogP contribution >= 0.6 is 0 Å². The summed E-state index contributed by atoms with van der Waals surface area (Å²) >= 11 is 0. The minimum atomic E-state index is -0.170. The second-order valence-electron chi connectivity index (χ2n) is 6.08. The van der Waals surface area contributed by atoms with Crippen molar-refractivity contribution < 1.29 is 4.79 Å². The number of carbonyl (C=O) groups excluding carboxylic acids is 1. The van der Waals surface area contributed by atoms with Crippen LogP contribution in [-0.4, -0.2) is 33.9 Å². The van der Waals surface area contributed by atoms with Crippen molar-refractivity contribution >= 4 is 22.4 Å². The van der Waals surface area contributed by atoms with Crippen LogP contribution in [0, 0.1) is 0 Å². The van der Waals surface area contributed by atoms with Gasteiger partial charge in [0.05, 0.1) is 0 Å². The first-order chi connectivity index (χ1) is 12.2. The number of H-pyrrole nitrogens is 1. The average molecular weight is 331 g/mol. The SMILES string of the molecule is O=C(c1cccc2[nH]c(=O)ccc12)N1CCC=C(c2cccnc2)C1. The Bertz CT molecular complexity index is 1020. The van der Waals surface area contributed by atoms with Crippen LogP contribution in [0.4, 0.5) is 0 Å². The topological polar surface area (TPSA) is 66.1 Å². The molecule has 1 aliphatic rings. The third-order valence-corrected chi connectivity index (χ3v) is 4.47. The molecule has 3 heterocycles. The van der Waals surface area contributed by atoms with Crippen LogP contribution < -0.4 is 5.56 Å². The third-order valence-electron chi connectivity index (χ3n) is 4.47. The molecule has 0 bridgehead atoms. The van der Waals surface area contributed by atoms with Gasteiger partial charge in [0.2, 0.25) is 5.56 Å². The van der Waals surface area contributed by atoms with Gasteiger partial charge in [0.1, 0.15) is 0 Å². The van der Waals surface area contributed by atoms with Crippen LogP contribution in [-0.2, 0) is 0 Å². The van der Waals surface area contributed by atoms with Crippen LogP contribution in [0.3, 0.4) is 0 Å². The number of fused-ring (bicyclic) bond motifs is 1. The zero-order valence-electron chi connectivity index (χ0n) is 13.6. The van der Waals surface area contributed by atoms with Gasteiger partial charge in [0.15, 0.2) is 0 Å². The molecule has 0 unspecified atom stereocenters. The highest BCUT2D eigenvalue weighted by atomic mass is 16.2. The molecule has 5 nitrogen and oxygen atoms in total. The first-order valence-electron chi connectivity index (χ1n) is 8.23. The Hall–Kier alpha value is -3.21. The summed E-state index contributed by atoms with van der Waals surface area (Å²) in [5.74, 6) is -0.0212. The largest absolute Gasteiger partial charge is 0.334 e. The Kier molecular flexibility index (Phi) is 3.90. The number of carbonyl (C=O) groups is 1. The predicted molar refractivity (Wildman–Crippen MR) is 97.3 cm³/mol. The summed E-state index contributed by atoms with van der Waals surface area (Å²) in [5, 5.41) is 0.768. The van der Waals surface area contributed by atoms with Crippen molar-refractivity contribution in [1.82, 2.24) is 14.9 Å². The lowest BCUT2D eigenvalue weighted by molar-refractivity contribution is 0.0777. The minimum absolute atomic E-state index is 0.0212. The molecule has 1 N–H and O–H groups in total. The minimum Gasteiger partial charge on any atom is -0.334 e. The third kappa shape index (κ3) is 2.96. The van der Waals surface area contributed by atoms with E-state index in [-0.39, 0.29) is 11.5 Å². The van der Waals surface area contributed by atoms with E-state index in [2.05, 4.69) is 16.0 Å². The second kappa shape index (κ2) is 6.36. The van der Waals surface area contributed by atoms with E-state index in [1.807, 2.05) is 35.4 Å². The van der Waals surface area contributed by atoms with Gasteiger partial charge in [0.25, 0.3) is 5.91 Å². The number of nitrogens with one attached hydrogen (secondary N) is 1. The molecule has 0 saturated heterocycles. The van der Waals surface area contributed by atoms with E-state index in [1.165, 1.54) is 6.07 Å². The quantitative estimate of drug-likeness (QED) is 0.785. The lowest BCUT2D eigenvalue weighted by atomic mass is 10.0. The van der Waals surface area contributed by atoms with Crippen LogP contribution in [0.25, 0.3) is 16.5 Å². The van der Waals surface area contributed by atoms with Crippen molar-refractivity contribution in [2.75, 3.05) is 13.1 Å². The molecule has 124 valence electrons. The standard InChI is InChI=1S/C20H17N3O2/c24-19-9-8-16-17(6-1-7-18(16)22-19)20(25)23-11-3-5-15(13-23)14-4-2-10-21-12-14/h1-2,4-10,12H,3,11,13H2,(H,22,24). The first kappa shape index (κ1) is 15.3. The molecule has 25 heavy (non-hydrogen) atoms. The van der Waals surface area contributed by atoms with E-state index in [0.29, 0.717) is 24.2 Å². The molecule has 1 amide bonds. The van der Waals surface area contributed by atoms with Crippen molar-refractivity contribution in [2.45, 2.75) is 6.42 Å². The molecule has 0 saturated carbocycles. The zero-order chi connectivity index (χ0) is 17.2. The van der Waals surface area contributed by atoms with Crippen molar-refractivity contribution in [2.24, 2.45) is 0 Å². The van der Waals surface area contributed by atoms with Crippen molar-refractivity contribution in [1.29, 1.82) is 0 Å². The Labute approximate surface area is 144 Å². The number of hydrogen-bond donors (Lipinski definition) is 1. The lowest BCUT2D eigenvalue weighted by Gasteiger charge is -2.28. The lowest BCUT2D eigenvalue weighted by Crippen LogP contribution is -2.35. The number of nitrogens with zero attached hydrogens (tertiary/aromatic N) is 2. The zero-order valence-corrected chi connectivity index (χ0v) is 13.6. The van der Waals surface area contributed by atoms with Crippen molar-refractivity contribution in [3.8, 4) is 0 Å². The van der Waals surface area contributed by atoms with Gasteiger partial charge in [-0.25, -0.2) is 0 Å². The Morgan fingerprint density at radius 3 is 2.88 bits per heavy atom. The van der Waals surface area contributed by atoms with Crippen LogP contribution in [0.2, 0.25) is 0 Å². The molecule has 0 atom stereocenters. The van der Waals surface area contributed by atoms with Crippen LogP contribution in [0.5, 0.6) is 0 Å². The summed E-state index contributed by atoms with van der Waals surface area (Å²) in [6, 6.07) is 12.5. The Balaban J connectivity index is 1.66. The van der Waals surface area contributed by atoms with Gasteiger partial charge in [-0.1, -0.05) is 18.2 Å². The highest BCUT2D eigenvalue weighted by molar-refractivity contribution is 6.06. The van der Waals surface area contributed by atoms with Gasteiger partial charge in [-0.15, -0.1) is 0 Å². The highest BCUT2D eigenvalue weighted by Gasteiger charge is 2.22. The second-order valence-corrected chi connectivity index (χ2v) is 6.08. The molecule has 1 aromatic carbocycles. The number of rotatable bonds is 2. The van der Waals surface area contributed by atoms with Crippen LogP contribution in [0.15, 0.2) is 65.7 Å². The summed E-state index contributed by atoms with van der Waals surface area (Å²) in [6.45, 7) is 1.24. The fourth-order valence-corrected chi connectivity index (χ4v) is 3.22. The molecular weight excluding hydrogens is 314 g/mol. The van der Waals surface area contributed by atoms with Gasteiger partial charge < -0.3 is 9.88 Å². The van der Waals surface area contributed by atoms with Gasteiger partial charge in [-0.3, -0.25) is 14.6 Å². The summed E-state index contributed by atoms with van der Waals surface area (Å²) in [5.41, 5.74) is 3.28. The summed E-state index contributed by atoms with van der Waals surface area (Å²) in [4.78, 5) is 33.4. The van der Waals surface area contributed by atoms with Gasteiger partial charge in [-0.2, -0.15) is 0 Å². The molecule has 0 fully saturated rings. The molecule has 0 radical (unpaired) electrons. The molecule has 1 aliphatic heterocycles. The maximum Gasteiger partial charge on any atom is 0.254 e. The fraction of sp³-hybridized carbons (Fsp3) is 0.150. The molecule has 5 heteroatoms. The van der Waals surface area contributed by atoms with E-state index in [0.717, 1.165) is 22.9 Å². The van der Waals surface area contributed by atoms with E-state index < -0.39 is 0 Å². The number of aromatic nitrogens is 2. The number of amides is 1. The maximum atomic E-state index is 13.1. The maximum absolute atomic E-state index is 13.1. The molecular formula is C20H17N3O2. The Morgan fingerprint density at radius 2 is 2.04 bits per heavy atom. The fourth-order valence-electron chi connectivity index (χ4n) is 3.22. The smallest absolute Gasteiger partial charge is 0.254 e. The van der Waals surface area contributed by atoms with E-state index in [4.69, 9.17) is 0 Å². The Morgan fingerprint density at radius 1 is 1.12 bits per heavy atom. The summed E-state index contributed by atoms with van der Waals surface area (Å²) in [7, 11) is 0. The van der Waals surface area contributed by atoms with Gasteiger partial charge in [0, 0.05) is 48.0 Å². The molecule has 3 aromatic rings.